The number of aliphatic hydroxyl groups is 1. The van der Waals surface area contributed by atoms with Crippen molar-refractivity contribution in [3.8, 4) is 0 Å². The highest BCUT2D eigenvalue weighted by atomic mass is 16.5. The van der Waals surface area contributed by atoms with Gasteiger partial charge in [0.2, 0.25) is 17.7 Å². The van der Waals surface area contributed by atoms with E-state index in [1.807, 2.05) is 52.0 Å². The molecule has 15 nitrogen and oxygen atoms in total. The predicted octanol–water partition coefficient (Wildman–Crippen LogP) is 7.48. The topological polar surface area (TPSA) is 182 Å². The molecule has 5 N–H and O–H groups in total. The number of hydrogen-bond donors (Lipinski definition) is 5. The number of rotatable bonds is 14. The number of benzene rings is 3. The number of alkyl carbamates (subject to hydrolysis) is 2. The second-order valence-corrected chi connectivity index (χ2v) is 19.3. The van der Waals surface area contributed by atoms with Gasteiger partial charge in [-0.15, -0.1) is 0 Å². The first-order chi connectivity index (χ1) is 30.9. The fraction of sp³-hybridized carbons (Fsp3) is 0.540. The zero-order valence-corrected chi connectivity index (χ0v) is 39.4. The standard InChI is InChI=1S/C50H69N7O8/c1-30(2)42(53-48(62)64-8)46(60)55-28-10-12-40(55)44(58)51-35-20-14-32(15-21-35)38-26-27-39(57(38)37-24-18-34(19-25-37)50(5,6)7)33-16-22-36(23-17-33)52-45(59)41-13-11-29-56(41)47(61)43(31(3)4)54-49(63)65-9/h14-25,30-31,38-43,46,60H,10-13,26-29H2,1-9H3,(H,51,58)(H,52,59)(H,53,62)(H,54,63)/t38-,39-,40?,41-,42-,43-,46-/m0/s1. The monoisotopic (exact) mass is 896 g/mol. The Kier molecular flexibility index (Phi) is 15.8. The normalized spacial score (nSPS) is 21.5. The lowest BCUT2D eigenvalue weighted by Crippen LogP contribution is -2.57. The van der Waals surface area contributed by atoms with Crippen molar-refractivity contribution in [2.75, 3.05) is 42.8 Å². The van der Waals surface area contributed by atoms with Crippen LogP contribution in [-0.4, -0.2) is 103 Å². The molecule has 7 atom stereocenters. The molecular weight excluding hydrogens is 827 g/mol. The zero-order valence-electron chi connectivity index (χ0n) is 39.4. The molecule has 3 aliphatic rings. The molecule has 5 amide bonds. The van der Waals surface area contributed by atoms with Crippen molar-refractivity contribution in [2.45, 2.75) is 135 Å². The summed E-state index contributed by atoms with van der Waals surface area (Å²) < 4.78 is 9.53. The third-order valence-corrected chi connectivity index (χ3v) is 13.2. The second kappa shape index (κ2) is 21.1. The molecule has 0 aromatic heterocycles. The molecular formula is C50H69N7O8. The Labute approximate surface area is 384 Å². The molecule has 0 saturated carbocycles. The highest BCUT2D eigenvalue weighted by molar-refractivity contribution is 5.99. The van der Waals surface area contributed by atoms with Crippen molar-refractivity contribution in [2.24, 2.45) is 11.8 Å². The van der Waals surface area contributed by atoms with Crippen LogP contribution in [0.5, 0.6) is 0 Å². The van der Waals surface area contributed by atoms with Gasteiger partial charge >= 0.3 is 12.2 Å². The highest BCUT2D eigenvalue weighted by Crippen LogP contribution is 2.47. The van der Waals surface area contributed by atoms with Gasteiger partial charge in [0.05, 0.1) is 38.4 Å². The van der Waals surface area contributed by atoms with Crippen LogP contribution >= 0.6 is 0 Å². The average molecular weight is 896 g/mol. The van der Waals surface area contributed by atoms with Gasteiger partial charge in [0.25, 0.3) is 0 Å². The number of ether oxygens (including phenoxy) is 2. The average Bonchev–Trinajstić information content (AvgIpc) is 4.08. The van der Waals surface area contributed by atoms with Gasteiger partial charge in [-0.3, -0.25) is 19.3 Å². The molecule has 3 heterocycles. The van der Waals surface area contributed by atoms with Gasteiger partial charge in [0, 0.05) is 30.2 Å². The number of hydrogen-bond acceptors (Lipinski definition) is 10. The summed E-state index contributed by atoms with van der Waals surface area (Å²) >= 11 is 0. The predicted molar refractivity (Wildman–Crippen MR) is 251 cm³/mol. The van der Waals surface area contributed by atoms with E-state index in [-0.39, 0.29) is 47.1 Å². The number of likely N-dealkylation sites (tertiary alicyclic amines) is 2. The van der Waals surface area contributed by atoms with Crippen molar-refractivity contribution in [1.29, 1.82) is 0 Å². The van der Waals surface area contributed by atoms with Crippen LogP contribution in [0.2, 0.25) is 0 Å². The van der Waals surface area contributed by atoms with Crippen molar-refractivity contribution in [1.82, 2.24) is 20.4 Å². The number of amides is 5. The quantitative estimate of drug-likeness (QED) is 0.109. The molecule has 0 spiro atoms. The molecule has 0 radical (unpaired) electrons. The number of nitrogens with one attached hydrogen (secondary N) is 4. The number of methoxy groups -OCH3 is 2. The summed E-state index contributed by atoms with van der Waals surface area (Å²) in [6.45, 7) is 15.0. The van der Waals surface area contributed by atoms with E-state index in [1.54, 1.807) is 9.80 Å². The third kappa shape index (κ3) is 11.4. The maximum atomic E-state index is 13.7. The summed E-state index contributed by atoms with van der Waals surface area (Å²) in [5.74, 6) is -1.08. The van der Waals surface area contributed by atoms with E-state index in [1.165, 1.54) is 19.8 Å². The first-order valence-electron chi connectivity index (χ1n) is 23.1. The van der Waals surface area contributed by atoms with Gasteiger partial charge in [0.1, 0.15) is 18.3 Å². The molecule has 1 unspecified atom stereocenters. The van der Waals surface area contributed by atoms with Gasteiger partial charge in [-0.2, -0.15) is 0 Å². The van der Waals surface area contributed by atoms with Gasteiger partial charge in [-0.1, -0.05) is 84.9 Å². The molecule has 6 rings (SSSR count). The fourth-order valence-electron chi connectivity index (χ4n) is 9.54. The SMILES string of the molecule is COC(=O)N[C@H](C(=O)N1CCC[C@H]1C(=O)Nc1ccc([C@@H]2CC[C@@H](c3ccc(NC(=O)C4CCCN4[C@@H](O)[C@@H](NC(=O)OC)C(C)C)cc3)N2c2ccc(C(C)(C)C)cc2)cc1)C(C)C. The van der Waals surface area contributed by atoms with Crippen molar-refractivity contribution in [3.63, 3.8) is 0 Å². The van der Waals surface area contributed by atoms with E-state index in [0.717, 1.165) is 36.1 Å². The molecule has 352 valence electrons. The van der Waals surface area contributed by atoms with E-state index in [4.69, 9.17) is 9.47 Å². The molecule has 3 aliphatic heterocycles. The molecule has 65 heavy (non-hydrogen) atoms. The fourth-order valence-corrected chi connectivity index (χ4v) is 9.54. The molecule has 15 heteroatoms. The van der Waals surface area contributed by atoms with Crippen LogP contribution in [0.4, 0.5) is 26.7 Å². The minimum absolute atomic E-state index is 0.00847. The summed E-state index contributed by atoms with van der Waals surface area (Å²) in [7, 11) is 2.53. The Morgan fingerprint density at radius 2 is 1.14 bits per heavy atom. The summed E-state index contributed by atoms with van der Waals surface area (Å²) in [5.41, 5.74) is 5.82. The largest absolute Gasteiger partial charge is 0.453 e. The van der Waals surface area contributed by atoms with Gasteiger partial charge in [-0.05, 0) is 109 Å². The summed E-state index contributed by atoms with van der Waals surface area (Å²) in [6.07, 6.45) is 1.91. The van der Waals surface area contributed by atoms with Crippen LogP contribution < -0.4 is 26.2 Å². The Bertz CT molecular complexity index is 2120. The van der Waals surface area contributed by atoms with Crippen LogP contribution in [0.15, 0.2) is 72.8 Å². The van der Waals surface area contributed by atoms with E-state index in [2.05, 4.69) is 95.5 Å². The molecule has 0 aliphatic carbocycles. The van der Waals surface area contributed by atoms with Crippen molar-refractivity contribution in [3.05, 3.63) is 89.5 Å². The van der Waals surface area contributed by atoms with Crippen molar-refractivity contribution < 1.29 is 38.6 Å². The number of carbonyl (C=O) groups excluding carboxylic acids is 5. The summed E-state index contributed by atoms with van der Waals surface area (Å²) in [6, 6.07) is 22.2. The van der Waals surface area contributed by atoms with Crippen LogP contribution in [0, 0.1) is 11.8 Å². The number of anilines is 3. The maximum absolute atomic E-state index is 13.7. The lowest BCUT2D eigenvalue weighted by Gasteiger charge is -2.36. The van der Waals surface area contributed by atoms with Gasteiger partial charge in [-0.25, -0.2) is 9.59 Å². The first-order valence-corrected chi connectivity index (χ1v) is 23.1. The lowest BCUT2D eigenvalue weighted by molar-refractivity contribution is -0.139. The van der Waals surface area contributed by atoms with Crippen LogP contribution in [-0.2, 0) is 29.3 Å². The van der Waals surface area contributed by atoms with Crippen molar-refractivity contribution >= 4 is 47.0 Å². The van der Waals surface area contributed by atoms with Crippen LogP contribution in [0.3, 0.4) is 0 Å². The smallest absolute Gasteiger partial charge is 0.407 e. The third-order valence-electron chi connectivity index (χ3n) is 13.2. The molecule has 3 saturated heterocycles. The number of carbonyl (C=O) groups is 5. The van der Waals surface area contributed by atoms with E-state index in [0.29, 0.717) is 43.7 Å². The Balaban J connectivity index is 1.17. The number of aliphatic hydroxyl groups excluding tert-OH is 1. The first kappa shape index (κ1) is 48.8. The van der Waals surface area contributed by atoms with E-state index >= 15 is 0 Å². The Hall–Kier alpha value is -5.67. The Morgan fingerprint density at radius 3 is 1.63 bits per heavy atom. The van der Waals surface area contributed by atoms with Crippen LogP contribution in [0.1, 0.15) is 116 Å². The molecule has 0 bridgehead atoms. The van der Waals surface area contributed by atoms with Crippen LogP contribution in [0.25, 0.3) is 0 Å². The minimum Gasteiger partial charge on any atom is -0.453 e. The lowest BCUT2D eigenvalue weighted by atomic mass is 9.87. The summed E-state index contributed by atoms with van der Waals surface area (Å²) in [5, 5.41) is 22.8. The molecule has 3 aromatic rings. The highest BCUT2D eigenvalue weighted by Gasteiger charge is 2.41. The minimum atomic E-state index is -1.06. The zero-order chi connectivity index (χ0) is 47.2. The van der Waals surface area contributed by atoms with E-state index < -0.39 is 42.6 Å². The number of nitrogens with zero attached hydrogens (tertiary/aromatic N) is 3. The van der Waals surface area contributed by atoms with E-state index in [9.17, 15) is 29.1 Å². The summed E-state index contributed by atoms with van der Waals surface area (Å²) in [4.78, 5) is 70.8. The molecule has 3 aromatic carbocycles. The second-order valence-electron chi connectivity index (χ2n) is 19.3. The Morgan fingerprint density at radius 1 is 0.646 bits per heavy atom. The molecule has 3 fully saturated rings. The van der Waals surface area contributed by atoms with Gasteiger partial charge in [0.15, 0.2) is 0 Å². The van der Waals surface area contributed by atoms with Gasteiger partial charge < -0.3 is 45.6 Å². The maximum Gasteiger partial charge on any atom is 0.407 e.